The Morgan fingerprint density at radius 2 is 1.68 bits per heavy atom. The van der Waals surface area contributed by atoms with Crippen LogP contribution in [-0.4, -0.2) is 68.2 Å². The summed E-state index contributed by atoms with van der Waals surface area (Å²) in [7, 11) is 4.89. The third-order valence-corrected chi connectivity index (χ3v) is 7.20. The highest BCUT2D eigenvalue weighted by Gasteiger charge is 2.26. The lowest BCUT2D eigenvalue weighted by Crippen LogP contribution is -2.48. The van der Waals surface area contributed by atoms with Crippen LogP contribution in [0.4, 0.5) is 0 Å². The molecule has 1 aromatic heterocycles. The summed E-state index contributed by atoms with van der Waals surface area (Å²) in [5.41, 5.74) is 5.57. The van der Waals surface area contributed by atoms with E-state index in [1.807, 2.05) is 29.2 Å². The van der Waals surface area contributed by atoms with Crippen molar-refractivity contribution in [3.05, 3.63) is 52.7 Å². The van der Waals surface area contributed by atoms with E-state index >= 15 is 0 Å². The van der Waals surface area contributed by atoms with E-state index < -0.39 is 0 Å². The molecule has 7 nitrogen and oxygen atoms in total. The number of H-pyrrole nitrogens is 1. The van der Waals surface area contributed by atoms with Crippen molar-refractivity contribution in [2.24, 2.45) is 0 Å². The fraction of sp³-hybridized carbons (Fsp3) is 0.444. The van der Waals surface area contributed by atoms with Crippen molar-refractivity contribution in [3.8, 4) is 17.2 Å². The highest BCUT2D eigenvalue weighted by Crippen LogP contribution is 2.40. The quantitative estimate of drug-likeness (QED) is 0.598. The lowest BCUT2D eigenvalue weighted by Gasteiger charge is -2.35. The van der Waals surface area contributed by atoms with Crippen LogP contribution >= 0.6 is 0 Å². The SMILES string of the molecule is COc1ccc(CN2CCN(C(=O)c3cccc4c5c([nH]c34)CCCC5)CC2)c(OC)c1OC. The number of aromatic nitrogens is 1. The molecule has 0 atom stereocenters. The third-order valence-electron chi connectivity index (χ3n) is 7.20. The number of aromatic amines is 1. The molecule has 1 amide bonds. The van der Waals surface area contributed by atoms with Gasteiger partial charge >= 0.3 is 0 Å². The van der Waals surface area contributed by atoms with Crippen LogP contribution in [0.2, 0.25) is 0 Å². The van der Waals surface area contributed by atoms with Crippen molar-refractivity contribution in [1.29, 1.82) is 0 Å². The molecule has 180 valence electrons. The fourth-order valence-electron chi connectivity index (χ4n) is 5.42. The van der Waals surface area contributed by atoms with E-state index in [1.165, 1.54) is 29.5 Å². The molecule has 1 aliphatic heterocycles. The molecular weight excluding hydrogens is 430 g/mol. The van der Waals surface area contributed by atoms with Gasteiger partial charge in [-0.2, -0.15) is 0 Å². The van der Waals surface area contributed by atoms with Crippen molar-refractivity contribution in [3.63, 3.8) is 0 Å². The Morgan fingerprint density at radius 1 is 0.912 bits per heavy atom. The first-order chi connectivity index (χ1) is 16.6. The Morgan fingerprint density at radius 3 is 2.41 bits per heavy atom. The first kappa shape index (κ1) is 22.6. The second-order valence-corrected chi connectivity index (χ2v) is 9.08. The summed E-state index contributed by atoms with van der Waals surface area (Å²) in [6.45, 7) is 3.74. The van der Waals surface area contributed by atoms with Gasteiger partial charge in [-0.25, -0.2) is 0 Å². The molecule has 3 aromatic rings. The second kappa shape index (κ2) is 9.58. The van der Waals surface area contributed by atoms with Crippen LogP contribution in [0.1, 0.15) is 40.0 Å². The highest BCUT2D eigenvalue weighted by molar-refractivity contribution is 6.06. The number of ether oxygens (including phenoxy) is 3. The van der Waals surface area contributed by atoms with Gasteiger partial charge in [0.2, 0.25) is 5.75 Å². The number of benzene rings is 2. The Bertz CT molecular complexity index is 1190. The van der Waals surface area contributed by atoms with E-state index in [0.29, 0.717) is 30.3 Å². The van der Waals surface area contributed by atoms with E-state index in [9.17, 15) is 4.79 Å². The molecule has 34 heavy (non-hydrogen) atoms. The maximum atomic E-state index is 13.5. The van der Waals surface area contributed by atoms with Crippen molar-refractivity contribution < 1.29 is 19.0 Å². The van der Waals surface area contributed by atoms with Gasteiger partial charge in [0.15, 0.2) is 11.5 Å². The van der Waals surface area contributed by atoms with Gasteiger partial charge in [0.25, 0.3) is 5.91 Å². The Labute approximate surface area is 200 Å². The summed E-state index contributed by atoms with van der Waals surface area (Å²) in [6.07, 6.45) is 4.63. The molecule has 2 aromatic carbocycles. The Hall–Kier alpha value is -3.19. The zero-order valence-corrected chi connectivity index (χ0v) is 20.3. The molecule has 2 heterocycles. The van der Waals surface area contributed by atoms with E-state index in [-0.39, 0.29) is 5.91 Å². The normalized spacial score (nSPS) is 16.4. The van der Waals surface area contributed by atoms with Crippen molar-refractivity contribution in [2.75, 3.05) is 47.5 Å². The lowest BCUT2D eigenvalue weighted by atomic mass is 9.95. The van der Waals surface area contributed by atoms with Gasteiger partial charge in [-0.15, -0.1) is 0 Å². The van der Waals surface area contributed by atoms with Crippen LogP contribution in [0.3, 0.4) is 0 Å². The number of methoxy groups -OCH3 is 3. The minimum Gasteiger partial charge on any atom is -0.493 e. The van der Waals surface area contributed by atoms with Gasteiger partial charge in [-0.05, 0) is 43.4 Å². The molecule has 7 heteroatoms. The van der Waals surface area contributed by atoms with Crippen LogP contribution < -0.4 is 14.2 Å². The molecule has 1 fully saturated rings. The topological polar surface area (TPSA) is 67.0 Å². The standard InChI is InChI=1S/C27H33N3O4/c1-32-23-12-11-18(25(33-2)26(23)34-3)17-29-13-15-30(16-14-29)27(31)21-9-6-8-20-19-7-4-5-10-22(19)28-24(20)21/h6,8-9,11-12,28H,4-5,7,10,13-17H2,1-3H3. The van der Waals surface area contributed by atoms with Crippen LogP contribution in [0.15, 0.2) is 30.3 Å². The van der Waals surface area contributed by atoms with Gasteiger partial charge in [0.05, 0.1) is 32.4 Å². The van der Waals surface area contributed by atoms with Crippen molar-refractivity contribution >= 4 is 16.8 Å². The molecule has 0 bridgehead atoms. The fourth-order valence-corrected chi connectivity index (χ4v) is 5.42. The molecule has 1 aliphatic carbocycles. The van der Waals surface area contributed by atoms with Gasteiger partial charge in [-0.3, -0.25) is 9.69 Å². The summed E-state index contributed by atoms with van der Waals surface area (Å²) in [5, 5.41) is 1.22. The smallest absolute Gasteiger partial charge is 0.256 e. The average Bonchev–Trinajstić information content (AvgIpc) is 3.27. The summed E-state index contributed by atoms with van der Waals surface area (Å²) in [6, 6.07) is 10.1. The maximum absolute atomic E-state index is 13.5. The Balaban J connectivity index is 1.29. The van der Waals surface area contributed by atoms with E-state index in [0.717, 1.165) is 49.1 Å². The molecule has 0 spiro atoms. The number of hydrogen-bond acceptors (Lipinski definition) is 5. The van der Waals surface area contributed by atoms with E-state index in [1.54, 1.807) is 21.3 Å². The summed E-state index contributed by atoms with van der Waals surface area (Å²) >= 11 is 0. The molecule has 1 saturated heterocycles. The van der Waals surface area contributed by atoms with Gasteiger partial charge in [0.1, 0.15) is 0 Å². The van der Waals surface area contributed by atoms with Crippen LogP contribution in [0, 0.1) is 0 Å². The number of carbonyl (C=O) groups is 1. The molecule has 2 aliphatic rings. The van der Waals surface area contributed by atoms with Crippen LogP contribution in [-0.2, 0) is 19.4 Å². The number of hydrogen-bond donors (Lipinski definition) is 1. The number of amides is 1. The molecule has 5 rings (SSSR count). The molecule has 0 unspecified atom stereocenters. The minimum atomic E-state index is 0.118. The number of para-hydroxylation sites is 1. The predicted molar refractivity (Wildman–Crippen MR) is 132 cm³/mol. The monoisotopic (exact) mass is 463 g/mol. The largest absolute Gasteiger partial charge is 0.493 e. The van der Waals surface area contributed by atoms with Gasteiger partial charge < -0.3 is 24.1 Å². The molecule has 0 saturated carbocycles. The Kier molecular flexibility index (Phi) is 6.37. The number of carbonyl (C=O) groups excluding carboxylic acids is 1. The zero-order chi connectivity index (χ0) is 23.7. The number of fused-ring (bicyclic) bond motifs is 3. The molecule has 1 N–H and O–H groups in total. The van der Waals surface area contributed by atoms with E-state index in [2.05, 4.69) is 16.0 Å². The molecular formula is C27H33N3O4. The maximum Gasteiger partial charge on any atom is 0.256 e. The van der Waals surface area contributed by atoms with Crippen LogP contribution in [0.25, 0.3) is 10.9 Å². The number of rotatable bonds is 6. The van der Waals surface area contributed by atoms with Gasteiger partial charge in [-0.1, -0.05) is 18.2 Å². The average molecular weight is 464 g/mol. The number of nitrogens with one attached hydrogen (secondary N) is 1. The first-order valence-corrected chi connectivity index (χ1v) is 12.1. The van der Waals surface area contributed by atoms with Crippen molar-refractivity contribution in [2.45, 2.75) is 32.2 Å². The zero-order valence-electron chi connectivity index (χ0n) is 20.3. The van der Waals surface area contributed by atoms with Gasteiger partial charge in [0, 0.05) is 49.4 Å². The van der Waals surface area contributed by atoms with E-state index in [4.69, 9.17) is 14.2 Å². The molecule has 0 radical (unpaired) electrons. The highest BCUT2D eigenvalue weighted by atomic mass is 16.5. The summed E-state index contributed by atoms with van der Waals surface area (Å²) in [4.78, 5) is 21.4. The predicted octanol–water partition coefficient (Wildman–Crippen LogP) is 4.03. The number of nitrogens with zero attached hydrogens (tertiary/aromatic N) is 2. The number of aryl methyl sites for hydroxylation is 2. The lowest BCUT2D eigenvalue weighted by molar-refractivity contribution is 0.0629. The minimum absolute atomic E-state index is 0.118. The second-order valence-electron chi connectivity index (χ2n) is 9.08. The summed E-state index contributed by atoms with van der Waals surface area (Å²) in [5.74, 6) is 2.08. The first-order valence-electron chi connectivity index (χ1n) is 12.1. The van der Waals surface area contributed by atoms with Crippen LogP contribution in [0.5, 0.6) is 17.2 Å². The number of piperazine rings is 1. The third kappa shape index (κ3) is 3.98. The summed E-state index contributed by atoms with van der Waals surface area (Å²) < 4.78 is 16.6. The van der Waals surface area contributed by atoms with Crippen molar-refractivity contribution in [1.82, 2.24) is 14.8 Å².